The lowest BCUT2D eigenvalue weighted by Crippen LogP contribution is -2.21. The number of rotatable bonds is 5. The van der Waals surface area contributed by atoms with Gasteiger partial charge < -0.3 is 14.5 Å². The smallest absolute Gasteiger partial charge is 0.339 e. The Kier molecular flexibility index (Phi) is 5.78. The molecule has 0 saturated carbocycles. The molecule has 0 spiro atoms. The Morgan fingerprint density at radius 2 is 1.67 bits per heavy atom. The van der Waals surface area contributed by atoms with Gasteiger partial charge in [-0.3, -0.25) is 4.79 Å². The molecule has 0 fully saturated rings. The number of fused-ring (bicyclic) bond motifs is 2. The van der Waals surface area contributed by atoms with Crippen molar-refractivity contribution >= 4 is 62.0 Å². The summed E-state index contributed by atoms with van der Waals surface area (Å²) in [5.41, 5.74) is 3.06. The number of oxazole rings is 1. The van der Waals surface area contributed by atoms with Crippen molar-refractivity contribution in [2.45, 2.75) is 0 Å². The molecule has 1 heterocycles. The van der Waals surface area contributed by atoms with E-state index in [-0.39, 0.29) is 0 Å². The maximum atomic E-state index is 13.0. The SMILES string of the molecule is O=C(COC(=O)c1cccc2cccc(-c3nc4ccccc4o3)c12)Nc1ccc(I)cc1. The summed E-state index contributed by atoms with van der Waals surface area (Å²) in [5, 5.41) is 4.22. The number of nitrogens with one attached hydrogen (secondary N) is 1. The quantitative estimate of drug-likeness (QED) is 0.214. The first-order chi connectivity index (χ1) is 16.1. The van der Waals surface area contributed by atoms with Crippen LogP contribution in [-0.2, 0) is 9.53 Å². The lowest BCUT2D eigenvalue weighted by molar-refractivity contribution is -0.119. The van der Waals surface area contributed by atoms with E-state index in [4.69, 9.17) is 9.15 Å². The molecule has 0 unspecified atom stereocenters. The molecular weight excluding hydrogens is 531 g/mol. The van der Waals surface area contributed by atoms with Crippen LogP contribution in [0.25, 0.3) is 33.3 Å². The summed E-state index contributed by atoms with van der Waals surface area (Å²) >= 11 is 2.19. The summed E-state index contributed by atoms with van der Waals surface area (Å²) in [7, 11) is 0. The van der Waals surface area contributed by atoms with Gasteiger partial charge in [0.1, 0.15) is 5.52 Å². The molecular formula is C26H17IN2O4. The first kappa shape index (κ1) is 21.1. The van der Waals surface area contributed by atoms with Crippen molar-refractivity contribution in [1.82, 2.24) is 4.98 Å². The zero-order chi connectivity index (χ0) is 22.8. The Bertz CT molecular complexity index is 1450. The van der Waals surface area contributed by atoms with Crippen LogP contribution >= 0.6 is 22.6 Å². The van der Waals surface area contributed by atoms with Gasteiger partial charge in [-0.2, -0.15) is 0 Å². The Hall–Kier alpha value is -3.72. The highest BCUT2D eigenvalue weighted by Gasteiger charge is 2.19. The lowest BCUT2D eigenvalue weighted by atomic mass is 9.99. The second kappa shape index (κ2) is 9.03. The van der Waals surface area contributed by atoms with Gasteiger partial charge in [0.15, 0.2) is 12.2 Å². The van der Waals surface area contributed by atoms with Gasteiger partial charge in [0.05, 0.1) is 5.56 Å². The highest BCUT2D eigenvalue weighted by atomic mass is 127. The van der Waals surface area contributed by atoms with E-state index in [9.17, 15) is 9.59 Å². The summed E-state index contributed by atoms with van der Waals surface area (Å²) in [5.74, 6) is -0.593. The van der Waals surface area contributed by atoms with Gasteiger partial charge in [-0.1, -0.05) is 36.4 Å². The third kappa shape index (κ3) is 4.45. The van der Waals surface area contributed by atoms with Crippen molar-refractivity contribution < 1.29 is 18.7 Å². The van der Waals surface area contributed by atoms with Crippen molar-refractivity contribution in [2.75, 3.05) is 11.9 Å². The molecule has 0 bridgehead atoms. The van der Waals surface area contributed by atoms with Crippen LogP contribution in [0.15, 0.2) is 89.3 Å². The van der Waals surface area contributed by atoms with Crippen LogP contribution in [0, 0.1) is 3.57 Å². The number of amides is 1. The topological polar surface area (TPSA) is 81.4 Å². The van der Waals surface area contributed by atoms with Crippen LogP contribution in [-0.4, -0.2) is 23.5 Å². The van der Waals surface area contributed by atoms with Crippen molar-refractivity contribution in [3.63, 3.8) is 0 Å². The van der Waals surface area contributed by atoms with Crippen LogP contribution in [0.5, 0.6) is 0 Å². The Labute approximate surface area is 202 Å². The fraction of sp³-hybridized carbons (Fsp3) is 0.0385. The first-order valence-corrected chi connectivity index (χ1v) is 11.3. The molecule has 1 N–H and O–H groups in total. The van der Waals surface area contributed by atoms with Gasteiger partial charge in [0, 0.05) is 20.2 Å². The summed E-state index contributed by atoms with van der Waals surface area (Å²) < 4.78 is 12.3. The zero-order valence-electron chi connectivity index (χ0n) is 17.2. The number of hydrogen-bond donors (Lipinski definition) is 1. The lowest BCUT2D eigenvalue weighted by Gasteiger charge is -2.10. The number of benzene rings is 4. The predicted molar refractivity (Wildman–Crippen MR) is 135 cm³/mol. The van der Waals surface area contributed by atoms with Crippen LogP contribution < -0.4 is 5.32 Å². The molecule has 0 radical (unpaired) electrons. The number of carbonyl (C=O) groups excluding carboxylic acids is 2. The van der Waals surface area contributed by atoms with E-state index in [1.165, 1.54) is 0 Å². The number of para-hydroxylation sites is 2. The molecule has 6 nitrogen and oxygen atoms in total. The van der Waals surface area contributed by atoms with Gasteiger partial charge in [-0.05, 0) is 76.5 Å². The van der Waals surface area contributed by atoms with Gasteiger partial charge in [-0.15, -0.1) is 0 Å². The van der Waals surface area contributed by atoms with Crippen molar-refractivity contribution in [2.24, 2.45) is 0 Å². The predicted octanol–water partition coefficient (Wildman–Crippen LogP) is 6.05. The number of anilines is 1. The molecule has 162 valence electrons. The fourth-order valence-corrected chi connectivity index (χ4v) is 3.98. The second-order valence-corrected chi connectivity index (χ2v) is 8.57. The van der Waals surface area contributed by atoms with E-state index in [1.807, 2.05) is 60.7 Å². The van der Waals surface area contributed by atoms with Gasteiger partial charge >= 0.3 is 5.97 Å². The first-order valence-electron chi connectivity index (χ1n) is 10.2. The number of esters is 1. The maximum Gasteiger partial charge on any atom is 0.339 e. The Morgan fingerprint density at radius 3 is 2.45 bits per heavy atom. The van der Waals surface area contributed by atoms with E-state index in [2.05, 4.69) is 32.9 Å². The van der Waals surface area contributed by atoms with E-state index >= 15 is 0 Å². The normalized spacial score (nSPS) is 10.9. The Balaban J connectivity index is 1.42. The van der Waals surface area contributed by atoms with Crippen LogP contribution in [0.3, 0.4) is 0 Å². The number of ether oxygens (including phenoxy) is 1. The minimum atomic E-state index is -0.595. The van der Waals surface area contributed by atoms with E-state index in [0.29, 0.717) is 33.7 Å². The highest BCUT2D eigenvalue weighted by Crippen LogP contribution is 2.33. The number of carbonyl (C=O) groups is 2. The molecule has 0 aliphatic heterocycles. The standard InChI is InChI=1S/C26H17IN2O4/c27-17-11-13-18(14-12-17)28-23(30)15-32-26(31)20-8-4-6-16-5-3-7-19(24(16)20)25-29-21-9-1-2-10-22(21)33-25/h1-14H,15H2,(H,28,30). The van der Waals surface area contributed by atoms with E-state index in [1.54, 1.807) is 24.3 Å². The molecule has 0 aliphatic rings. The average molecular weight is 548 g/mol. The van der Waals surface area contributed by atoms with Gasteiger partial charge in [-0.25, -0.2) is 9.78 Å². The number of aromatic nitrogens is 1. The second-order valence-electron chi connectivity index (χ2n) is 7.33. The largest absolute Gasteiger partial charge is 0.452 e. The third-order valence-corrected chi connectivity index (χ3v) is 5.83. The molecule has 4 aromatic carbocycles. The minimum Gasteiger partial charge on any atom is -0.452 e. The monoisotopic (exact) mass is 548 g/mol. The fourth-order valence-electron chi connectivity index (χ4n) is 3.62. The molecule has 0 atom stereocenters. The van der Waals surface area contributed by atoms with Crippen molar-refractivity contribution in [3.8, 4) is 11.5 Å². The maximum absolute atomic E-state index is 13.0. The van der Waals surface area contributed by atoms with Crippen molar-refractivity contribution in [3.05, 3.63) is 94.1 Å². The van der Waals surface area contributed by atoms with Crippen LogP contribution in [0.2, 0.25) is 0 Å². The van der Waals surface area contributed by atoms with Crippen molar-refractivity contribution in [1.29, 1.82) is 0 Å². The molecule has 5 aromatic rings. The molecule has 1 amide bonds. The molecule has 5 rings (SSSR count). The average Bonchev–Trinajstić information content (AvgIpc) is 3.27. The van der Waals surface area contributed by atoms with Gasteiger partial charge in [0.25, 0.3) is 5.91 Å². The number of nitrogens with zero attached hydrogens (tertiary/aromatic N) is 1. The Morgan fingerprint density at radius 1 is 0.909 bits per heavy atom. The molecule has 0 saturated heterocycles. The highest BCUT2D eigenvalue weighted by molar-refractivity contribution is 14.1. The third-order valence-electron chi connectivity index (χ3n) is 5.11. The summed E-state index contributed by atoms with van der Waals surface area (Å²) in [6, 6.07) is 25.8. The van der Waals surface area contributed by atoms with Gasteiger partial charge in [0.2, 0.25) is 5.89 Å². The molecule has 7 heteroatoms. The number of hydrogen-bond acceptors (Lipinski definition) is 5. The van der Waals surface area contributed by atoms with Crippen LogP contribution in [0.1, 0.15) is 10.4 Å². The molecule has 33 heavy (non-hydrogen) atoms. The minimum absolute atomic E-state index is 0.340. The van der Waals surface area contributed by atoms with E-state index < -0.39 is 18.5 Å². The summed E-state index contributed by atoms with van der Waals surface area (Å²) in [4.78, 5) is 29.8. The summed E-state index contributed by atoms with van der Waals surface area (Å²) in [6.45, 7) is -0.397. The number of halogens is 1. The zero-order valence-corrected chi connectivity index (χ0v) is 19.4. The van der Waals surface area contributed by atoms with E-state index in [0.717, 1.165) is 14.5 Å². The molecule has 0 aliphatic carbocycles. The van der Waals surface area contributed by atoms with Crippen LogP contribution in [0.4, 0.5) is 5.69 Å². The summed E-state index contributed by atoms with van der Waals surface area (Å²) in [6.07, 6.45) is 0. The molecule has 1 aromatic heterocycles.